The number of likely N-dealkylation sites (N-methyl/N-ethyl adjacent to an activating group) is 1. The molecule has 0 saturated heterocycles. The van der Waals surface area contributed by atoms with Crippen molar-refractivity contribution >= 4 is 40.5 Å². The van der Waals surface area contributed by atoms with Crippen LogP contribution in [0.5, 0.6) is 5.75 Å². The van der Waals surface area contributed by atoms with Crippen molar-refractivity contribution in [2.45, 2.75) is 59.0 Å². The third-order valence-electron chi connectivity index (χ3n) is 8.80. The van der Waals surface area contributed by atoms with E-state index in [2.05, 4.69) is 10.6 Å². The quantitative estimate of drug-likeness (QED) is 0.172. The molecule has 3 N–H and O–H groups in total. The lowest BCUT2D eigenvalue weighted by atomic mass is 9.85. The molecule has 2 aromatic carbocycles. The van der Waals surface area contributed by atoms with Crippen LogP contribution in [0.2, 0.25) is 0 Å². The van der Waals surface area contributed by atoms with Gasteiger partial charge in [0.2, 0.25) is 17.4 Å². The van der Waals surface area contributed by atoms with E-state index in [4.69, 9.17) is 23.9 Å². The predicted molar refractivity (Wildman–Crippen MR) is 179 cm³/mol. The lowest BCUT2D eigenvalue weighted by molar-refractivity contribution is -0.175. The van der Waals surface area contributed by atoms with E-state index in [0.717, 1.165) is 16.5 Å². The summed E-state index contributed by atoms with van der Waals surface area (Å²) in [7, 11) is 0. The number of hydrogen-bond donors (Lipinski definition) is 3. The molecule has 1 atom stereocenters. The highest BCUT2D eigenvalue weighted by molar-refractivity contribution is 5.92. The van der Waals surface area contributed by atoms with Crippen LogP contribution in [0.4, 0.5) is 10.5 Å². The summed E-state index contributed by atoms with van der Waals surface area (Å²) < 4.78 is 23.2. The number of aromatic hydroxyl groups is 1. The molecular weight excluding hydrogens is 648 g/mol. The van der Waals surface area contributed by atoms with Crippen LogP contribution in [-0.4, -0.2) is 58.4 Å². The fourth-order valence-electron chi connectivity index (χ4n) is 6.39. The highest BCUT2D eigenvalue weighted by Gasteiger charge is 2.51. The molecule has 260 valence electrons. The standard InChI is InChI=1S/C36H36N4O10/c1-4-23-24-13-22(41)11-12-28(24)39-32-25(23)15-40-29(32)14-27-26(33(40)44)17-48-34(45)36(27,5-2)50-35(46)49-16-20-7-9-21(10-8-20)38-31(43)19-47-18-30(42)37-6-3/h7-14,41H,4-6,15-19H2,1-3H3,(H,37,42)(H,38,43)/t36-/m0/s1. The predicted octanol–water partition coefficient (Wildman–Crippen LogP) is 3.80. The Bertz CT molecular complexity index is 2070. The second-order valence-corrected chi connectivity index (χ2v) is 11.9. The molecule has 2 amide bonds. The molecule has 50 heavy (non-hydrogen) atoms. The maximum absolute atomic E-state index is 13.9. The van der Waals surface area contributed by atoms with Gasteiger partial charge in [0.15, 0.2) is 0 Å². The number of carbonyl (C=O) groups excluding carboxylic acids is 4. The normalized spacial score (nSPS) is 15.8. The number of pyridine rings is 2. The molecule has 0 spiro atoms. The molecule has 0 radical (unpaired) electrons. The minimum absolute atomic E-state index is 0.0320. The second-order valence-electron chi connectivity index (χ2n) is 11.9. The number of nitrogens with zero attached hydrogens (tertiary/aromatic N) is 2. The van der Waals surface area contributed by atoms with Crippen molar-refractivity contribution in [2.75, 3.05) is 25.1 Å². The van der Waals surface area contributed by atoms with Crippen molar-refractivity contribution in [3.05, 3.63) is 86.7 Å². The summed E-state index contributed by atoms with van der Waals surface area (Å²) in [5.74, 6) is -1.47. The third kappa shape index (κ3) is 6.36. The van der Waals surface area contributed by atoms with E-state index in [9.17, 15) is 29.1 Å². The number of nitrogens with one attached hydrogen (secondary N) is 2. The molecule has 2 aliphatic rings. The Morgan fingerprint density at radius 3 is 2.48 bits per heavy atom. The number of aryl methyl sites for hydroxylation is 1. The van der Waals surface area contributed by atoms with Crippen molar-refractivity contribution in [2.24, 2.45) is 0 Å². The van der Waals surface area contributed by atoms with Crippen molar-refractivity contribution in [3.63, 3.8) is 0 Å². The third-order valence-corrected chi connectivity index (χ3v) is 8.80. The number of amides is 2. The number of esters is 1. The summed E-state index contributed by atoms with van der Waals surface area (Å²) in [6, 6.07) is 13.1. The molecule has 0 aliphatic carbocycles. The number of anilines is 1. The molecule has 14 heteroatoms. The minimum Gasteiger partial charge on any atom is -0.508 e. The summed E-state index contributed by atoms with van der Waals surface area (Å²) in [6.45, 7) is 5.10. The first-order valence-electron chi connectivity index (χ1n) is 16.3. The van der Waals surface area contributed by atoms with Gasteiger partial charge in [-0.1, -0.05) is 26.0 Å². The Balaban J connectivity index is 1.19. The summed E-state index contributed by atoms with van der Waals surface area (Å²) in [5, 5.41) is 16.1. The first-order valence-corrected chi connectivity index (χ1v) is 16.3. The largest absolute Gasteiger partial charge is 0.510 e. The molecular formula is C36H36N4O10. The lowest BCUT2D eigenvalue weighted by Gasteiger charge is -2.35. The Kier molecular flexibility index (Phi) is 9.55. The zero-order chi connectivity index (χ0) is 35.6. The number of benzene rings is 2. The van der Waals surface area contributed by atoms with Crippen molar-refractivity contribution in [3.8, 4) is 17.1 Å². The zero-order valence-electron chi connectivity index (χ0n) is 27.8. The number of fused-ring (bicyclic) bond motifs is 5. The molecule has 2 aromatic heterocycles. The number of hydrogen-bond acceptors (Lipinski definition) is 11. The van der Waals surface area contributed by atoms with Gasteiger partial charge >= 0.3 is 12.1 Å². The highest BCUT2D eigenvalue weighted by atomic mass is 16.7. The Morgan fingerprint density at radius 1 is 1.00 bits per heavy atom. The Labute approximate surface area is 286 Å². The van der Waals surface area contributed by atoms with E-state index >= 15 is 0 Å². The van der Waals surface area contributed by atoms with Crippen molar-refractivity contribution in [1.29, 1.82) is 0 Å². The summed E-state index contributed by atoms with van der Waals surface area (Å²) in [6.07, 6.45) is -0.540. The van der Waals surface area contributed by atoms with Gasteiger partial charge in [0.1, 0.15) is 32.2 Å². The van der Waals surface area contributed by atoms with Gasteiger partial charge in [-0.2, -0.15) is 0 Å². The van der Waals surface area contributed by atoms with Crippen LogP contribution in [0.1, 0.15) is 55.0 Å². The maximum Gasteiger partial charge on any atom is 0.510 e. The monoisotopic (exact) mass is 684 g/mol. The molecule has 2 aliphatic heterocycles. The minimum atomic E-state index is -1.94. The summed E-state index contributed by atoms with van der Waals surface area (Å²) in [4.78, 5) is 68.8. The lowest BCUT2D eigenvalue weighted by Crippen LogP contribution is -2.47. The van der Waals surface area contributed by atoms with Gasteiger partial charge in [0.25, 0.3) is 5.56 Å². The van der Waals surface area contributed by atoms with Crippen molar-refractivity contribution < 1.29 is 43.2 Å². The molecule has 4 heterocycles. The van der Waals surface area contributed by atoms with Crippen LogP contribution in [0.25, 0.3) is 22.3 Å². The van der Waals surface area contributed by atoms with Gasteiger partial charge < -0.3 is 39.3 Å². The van der Waals surface area contributed by atoms with Crippen LogP contribution in [-0.2, 0) is 65.1 Å². The number of ether oxygens (including phenoxy) is 4. The zero-order valence-corrected chi connectivity index (χ0v) is 27.8. The molecule has 0 unspecified atom stereocenters. The van der Waals surface area contributed by atoms with E-state index in [1.165, 1.54) is 0 Å². The topological polar surface area (TPSA) is 184 Å². The fraction of sp³-hybridized carbons (Fsp3) is 0.333. The molecule has 14 nitrogen and oxygen atoms in total. The van der Waals surface area contributed by atoms with Crippen molar-refractivity contribution in [1.82, 2.24) is 14.9 Å². The van der Waals surface area contributed by atoms with E-state index < -0.39 is 23.6 Å². The van der Waals surface area contributed by atoms with Gasteiger partial charge in [-0.15, -0.1) is 0 Å². The van der Waals surface area contributed by atoms with Crippen LogP contribution >= 0.6 is 0 Å². The first-order chi connectivity index (χ1) is 24.1. The van der Waals surface area contributed by atoms with E-state index in [1.54, 1.807) is 66.9 Å². The van der Waals surface area contributed by atoms with Gasteiger partial charge in [-0.25, -0.2) is 14.6 Å². The smallest absolute Gasteiger partial charge is 0.508 e. The first kappa shape index (κ1) is 34.1. The van der Waals surface area contributed by atoms with Gasteiger partial charge in [0.05, 0.1) is 29.0 Å². The maximum atomic E-state index is 13.9. The van der Waals surface area contributed by atoms with Crippen LogP contribution in [0.3, 0.4) is 0 Å². The Morgan fingerprint density at radius 2 is 1.76 bits per heavy atom. The van der Waals surface area contributed by atoms with Gasteiger partial charge in [-0.05, 0) is 67.3 Å². The summed E-state index contributed by atoms with van der Waals surface area (Å²) >= 11 is 0. The molecule has 0 fully saturated rings. The number of cyclic esters (lactones) is 1. The van der Waals surface area contributed by atoms with Gasteiger partial charge in [-0.3, -0.25) is 14.4 Å². The van der Waals surface area contributed by atoms with E-state index in [-0.39, 0.29) is 67.7 Å². The van der Waals surface area contributed by atoms with Crippen LogP contribution in [0.15, 0.2) is 53.3 Å². The molecule has 0 bridgehead atoms. The number of rotatable bonds is 11. The average Bonchev–Trinajstić information content (AvgIpc) is 3.47. The molecule has 6 rings (SSSR count). The Hall–Kier alpha value is -5.76. The highest BCUT2D eigenvalue weighted by Crippen LogP contribution is 2.42. The molecule has 0 saturated carbocycles. The second kappa shape index (κ2) is 14.0. The van der Waals surface area contributed by atoms with E-state index in [1.807, 2.05) is 6.92 Å². The van der Waals surface area contributed by atoms with Crippen LogP contribution < -0.4 is 16.2 Å². The molecule has 4 aromatic rings. The number of aromatic nitrogens is 2. The van der Waals surface area contributed by atoms with Crippen LogP contribution in [0, 0.1) is 0 Å². The summed E-state index contributed by atoms with van der Waals surface area (Å²) in [5.41, 5.74) is 2.63. The SMILES string of the molecule is CCNC(=O)COCC(=O)Nc1ccc(COC(=O)O[C@]2(CC)C(=O)OCc3c2cc2n(c3=O)Cc3c-2nc2ccc(O)cc2c3CC)cc1. The average molecular weight is 685 g/mol. The van der Waals surface area contributed by atoms with E-state index in [0.29, 0.717) is 41.1 Å². The number of carbonyl (C=O) groups is 4. The fourth-order valence-corrected chi connectivity index (χ4v) is 6.39. The number of phenolic OH excluding ortho intramolecular Hbond substituents is 1. The van der Waals surface area contributed by atoms with Gasteiger partial charge in [0, 0.05) is 28.7 Å². The number of phenols is 1.